The van der Waals surface area contributed by atoms with Gasteiger partial charge in [0.15, 0.2) is 0 Å². The number of rotatable bonds is 5. The third kappa shape index (κ3) is 2.85. The molecule has 0 N–H and O–H groups in total. The number of benzene rings is 1. The maximum Gasteiger partial charge on any atom is 0.227 e. The molecule has 6 nitrogen and oxygen atoms in total. The number of carboxylic acid groups (broad SMARTS) is 1. The minimum Gasteiger partial charge on any atom is -0.550 e. The van der Waals surface area contributed by atoms with Crippen molar-refractivity contribution >= 4 is 5.97 Å². The van der Waals surface area contributed by atoms with Crippen molar-refractivity contribution in [2.45, 2.75) is 12.8 Å². The Morgan fingerprint density at radius 3 is 3.06 bits per heavy atom. The van der Waals surface area contributed by atoms with Gasteiger partial charge < -0.3 is 19.2 Å². The molecule has 94 valence electrons. The topological polar surface area (TPSA) is 88.3 Å². The Labute approximate surface area is 103 Å². The highest BCUT2D eigenvalue weighted by Gasteiger charge is 2.09. The minimum atomic E-state index is -1.14. The molecule has 2 aromatic rings. The van der Waals surface area contributed by atoms with E-state index in [1.807, 2.05) is 12.1 Å². The summed E-state index contributed by atoms with van der Waals surface area (Å²) < 4.78 is 10.0. The molecule has 0 unspecified atom stereocenters. The van der Waals surface area contributed by atoms with Crippen LogP contribution >= 0.6 is 0 Å². The Hall–Kier alpha value is -2.37. The van der Waals surface area contributed by atoms with Gasteiger partial charge in [0.05, 0.1) is 7.11 Å². The zero-order chi connectivity index (χ0) is 13.0. The lowest BCUT2D eigenvalue weighted by molar-refractivity contribution is -0.305. The summed E-state index contributed by atoms with van der Waals surface area (Å²) in [5.41, 5.74) is 0.748. The van der Waals surface area contributed by atoms with E-state index >= 15 is 0 Å². The van der Waals surface area contributed by atoms with Gasteiger partial charge in [0.2, 0.25) is 11.7 Å². The second-order valence-corrected chi connectivity index (χ2v) is 3.62. The van der Waals surface area contributed by atoms with Gasteiger partial charge in [0.1, 0.15) is 5.75 Å². The largest absolute Gasteiger partial charge is 0.550 e. The molecule has 0 saturated carbocycles. The van der Waals surface area contributed by atoms with E-state index < -0.39 is 5.97 Å². The monoisotopic (exact) mass is 247 g/mol. The number of aromatic nitrogens is 2. The van der Waals surface area contributed by atoms with E-state index in [1.54, 1.807) is 19.2 Å². The molecule has 0 aliphatic rings. The van der Waals surface area contributed by atoms with Gasteiger partial charge in [-0.2, -0.15) is 4.98 Å². The van der Waals surface area contributed by atoms with Crippen LogP contribution in [0.25, 0.3) is 11.4 Å². The highest BCUT2D eigenvalue weighted by atomic mass is 16.5. The number of nitrogens with zero attached hydrogens (tertiary/aromatic N) is 2. The number of aliphatic carboxylic acids is 1. The van der Waals surface area contributed by atoms with E-state index in [-0.39, 0.29) is 18.7 Å². The first-order chi connectivity index (χ1) is 8.69. The quantitative estimate of drug-likeness (QED) is 0.761. The molecule has 0 aliphatic carbocycles. The molecule has 0 radical (unpaired) electrons. The summed E-state index contributed by atoms with van der Waals surface area (Å²) >= 11 is 0. The third-order valence-electron chi connectivity index (χ3n) is 2.34. The van der Waals surface area contributed by atoms with Gasteiger partial charge in [-0.3, -0.25) is 0 Å². The minimum absolute atomic E-state index is 0.139. The lowest BCUT2D eigenvalue weighted by Gasteiger charge is -1.99. The molecule has 0 spiro atoms. The summed E-state index contributed by atoms with van der Waals surface area (Å²) in [5.74, 6) is 0.226. The highest BCUT2D eigenvalue weighted by Crippen LogP contribution is 2.21. The smallest absolute Gasteiger partial charge is 0.227 e. The van der Waals surface area contributed by atoms with Crippen LogP contribution in [0.2, 0.25) is 0 Å². The standard InChI is InChI=1S/C12H12N2O4/c1-17-9-4-2-3-8(7-9)12-13-10(18-14-12)5-6-11(15)16/h2-4,7H,5-6H2,1H3,(H,15,16)/p-1. The molecule has 1 aromatic heterocycles. The van der Waals surface area contributed by atoms with E-state index in [0.717, 1.165) is 5.56 Å². The van der Waals surface area contributed by atoms with Crippen LogP contribution in [0, 0.1) is 0 Å². The molecule has 1 heterocycles. The van der Waals surface area contributed by atoms with E-state index in [9.17, 15) is 9.90 Å². The van der Waals surface area contributed by atoms with Crippen LogP contribution in [0.1, 0.15) is 12.3 Å². The van der Waals surface area contributed by atoms with Crippen LogP contribution in [-0.4, -0.2) is 23.2 Å². The fraction of sp³-hybridized carbons (Fsp3) is 0.250. The number of aryl methyl sites for hydroxylation is 1. The second-order valence-electron chi connectivity index (χ2n) is 3.62. The molecule has 1 aromatic carbocycles. The van der Waals surface area contributed by atoms with Crippen LogP contribution in [0.5, 0.6) is 5.75 Å². The molecule has 18 heavy (non-hydrogen) atoms. The van der Waals surface area contributed by atoms with E-state index in [0.29, 0.717) is 11.6 Å². The van der Waals surface area contributed by atoms with Crippen molar-refractivity contribution in [1.29, 1.82) is 0 Å². The predicted molar refractivity (Wildman–Crippen MR) is 59.6 cm³/mol. The molecular weight excluding hydrogens is 236 g/mol. The van der Waals surface area contributed by atoms with Crippen molar-refractivity contribution in [3.63, 3.8) is 0 Å². The van der Waals surface area contributed by atoms with Crippen LogP contribution in [-0.2, 0) is 11.2 Å². The van der Waals surface area contributed by atoms with Crippen molar-refractivity contribution in [1.82, 2.24) is 10.1 Å². The summed E-state index contributed by atoms with van der Waals surface area (Å²) in [4.78, 5) is 14.4. The first-order valence-electron chi connectivity index (χ1n) is 5.36. The normalized spacial score (nSPS) is 10.3. The number of hydrogen-bond acceptors (Lipinski definition) is 6. The highest BCUT2D eigenvalue weighted by molar-refractivity contribution is 5.64. The number of ether oxygens (including phenoxy) is 1. The molecule has 0 bridgehead atoms. The summed E-state index contributed by atoms with van der Waals surface area (Å²) in [7, 11) is 1.57. The first kappa shape index (κ1) is 12.1. The Balaban J connectivity index is 2.15. The molecule has 0 fully saturated rings. The zero-order valence-electron chi connectivity index (χ0n) is 9.75. The average Bonchev–Trinajstić information content (AvgIpc) is 2.85. The zero-order valence-corrected chi connectivity index (χ0v) is 9.75. The first-order valence-corrected chi connectivity index (χ1v) is 5.36. The van der Waals surface area contributed by atoms with Crippen LogP contribution < -0.4 is 9.84 Å². The van der Waals surface area contributed by atoms with Crippen molar-refractivity contribution in [2.24, 2.45) is 0 Å². The molecule has 6 heteroatoms. The summed E-state index contributed by atoms with van der Waals surface area (Å²) in [6.45, 7) is 0. The number of methoxy groups -OCH3 is 1. The number of carboxylic acids is 1. The van der Waals surface area contributed by atoms with Crippen molar-refractivity contribution in [3.8, 4) is 17.1 Å². The van der Waals surface area contributed by atoms with Gasteiger partial charge in [-0.05, 0) is 18.6 Å². The van der Waals surface area contributed by atoms with E-state index in [2.05, 4.69) is 10.1 Å². The summed E-state index contributed by atoms with van der Waals surface area (Å²) in [6, 6.07) is 7.20. The van der Waals surface area contributed by atoms with Crippen LogP contribution in [0.3, 0.4) is 0 Å². The van der Waals surface area contributed by atoms with Gasteiger partial charge >= 0.3 is 0 Å². The van der Waals surface area contributed by atoms with E-state index in [4.69, 9.17) is 9.26 Å². The molecule has 0 atom stereocenters. The Kier molecular flexibility index (Phi) is 3.57. The van der Waals surface area contributed by atoms with Gasteiger partial charge in [0.25, 0.3) is 0 Å². The third-order valence-corrected chi connectivity index (χ3v) is 2.34. The maximum atomic E-state index is 10.3. The Morgan fingerprint density at radius 2 is 2.33 bits per heavy atom. The fourth-order valence-electron chi connectivity index (χ4n) is 1.44. The molecule has 2 rings (SSSR count). The Bertz CT molecular complexity index is 551. The maximum absolute atomic E-state index is 10.3. The second kappa shape index (κ2) is 5.31. The molecule has 0 aliphatic heterocycles. The van der Waals surface area contributed by atoms with Gasteiger partial charge in [-0.1, -0.05) is 17.3 Å². The van der Waals surface area contributed by atoms with E-state index in [1.165, 1.54) is 0 Å². The van der Waals surface area contributed by atoms with Crippen molar-refractivity contribution < 1.29 is 19.2 Å². The Morgan fingerprint density at radius 1 is 1.50 bits per heavy atom. The van der Waals surface area contributed by atoms with Gasteiger partial charge in [-0.15, -0.1) is 0 Å². The number of carbonyl (C=O) groups excluding carboxylic acids is 1. The molecule has 0 amide bonds. The average molecular weight is 247 g/mol. The van der Waals surface area contributed by atoms with Crippen molar-refractivity contribution in [2.75, 3.05) is 7.11 Å². The predicted octanol–water partition coefficient (Wildman–Crippen LogP) is 0.428. The van der Waals surface area contributed by atoms with Crippen LogP contribution in [0.4, 0.5) is 0 Å². The van der Waals surface area contributed by atoms with Crippen LogP contribution in [0.15, 0.2) is 28.8 Å². The van der Waals surface area contributed by atoms with Gasteiger partial charge in [-0.25, -0.2) is 0 Å². The SMILES string of the molecule is COc1cccc(-c2noc(CCC(=O)[O-])n2)c1. The molecular formula is C12H11N2O4-. The molecule has 0 saturated heterocycles. The summed E-state index contributed by atoms with van der Waals surface area (Å²) in [5, 5.41) is 14.1. The van der Waals surface area contributed by atoms with Gasteiger partial charge in [0, 0.05) is 18.0 Å². The van der Waals surface area contributed by atoms with Crippen molar-refractivity contribution in [3.05, 3.63) is 30.2 Å². The number of hydrogen-bond donors (Lipinski definition) is 0. The lowest BCUT2D eigenvalue weighted by atomic mass is 10.2. The number of carbonyl (C=O) groups is 1. The lowest BCUT2D eigenvalue weighted by Crippen LogP contribution is -2.22. The fourth-order valence-corrected chi connectivity index (χ4v) is 1.44. The summed E-state index contributed by atoms with van der Waals surface area (Å²) in [6.07, 6.45) is 0.0268.